The minimum absolute atomic E-state index is 0.286. The summed E-state index contributed by atoms with van der Waals surface area (Å²) in [7, 11) is 0. The Hall–Kier alpha value is -2.49. The van der Waals surface area contributed by atoms with Crippen LogP contribution in [0.2, 0.25) is 5.02 Å². The molecule has 0 bridgehead atoms. The van der Waals surface area contributed by atoms with Gasteiger partial charge in [0.25, 0.3) is 0 Å². The number of aromatic nitrogens is 2. The molecule has 3 aromatic rings. The van der Waals surface area contributed by atoms with Crippen LogP contribution in [-0.2, 0) is 23.0 Å². The van der Waals surface area contributed by atoms with Crippen LogP contribution in [0, 0.1) is 0 Å². The van der Waals surface area contributed by atoms with Gasteiger partial charge in [0.1, 0.15) is 11.6 Å². The molecule has 1 fully saturated rings. The van der Waals surface area contributed by atoms with Crippen molar-refractivity contribution in [2.45, 2.75) is 50.3 Å². The van der Waals surface area contributed by atoms with E-state index in [1.54, 1.807) is 38.2 Å². The monoisotopic (exact) mass is 523 g/mol. The number of H-pyrrole nitrogens is 1. The molecule has 0 amide bonds. The number of aromatic amines is 1. The lowest BCUT2D eigenvalue weighted by atomic mass is 9.73. The molecule has 1 unspecified atom stereocenters. The molecular formula is C26H29ClF3N3O3. The molecule has 1 saturated heterocycles. The average Bonchev–Trinajstić information content (AvgIpc) is 3.43. The lowest BCUT2D eigenvalue weighted by molar-refractivity contribution is -0.266. The highest BCUT2D eigenvalue weighted by atomic mass is 35.5. The summed E-state index contributed by atoms with van der Waals surface area (Å²) in [4.78, 5) is 9.56. The third-order valence-electron chi connectivity index (χ3n) is 7.10. The van der Waals surface area contributed by atoms with Gasteiger partial charge in [0, 0.05) is 47.6 Å². The Morgan fingerprint density at radius 2 is 1.86 bits per heavy atom. The van der Waals surface area contributed by atoms with Crippen molar-refractivity contribution in [3.05, 3.63) is 52.3 Å². The fourth-order valence-electron chi connectivity index (χ4n) is 5.32. The third kappa shape index (κ3) is 4.76. The van der Waals surface area contributed by atoms with Crippen LogP contribution in [0.1, 0.15) is 37.1 Å². The molecule has 0 aliphatic carbocycles. The van der Waals surface area contributed by atoms with E-state index >= 15 is 0 Å². The van der Waals surface area contributed by atoms with E-state index in [0.29, 0.717) is 61.2 Å². The van der Waals surface area contributed by atoms with Crippen LogP contribution in [0.25, 0.3) is 10.9 Å². The number of rotatable bonds is 6. The van der Waals surface area contributed by atoms with Crippen LogP contribution >= 0.6 is 11.6 Å². The van der Waals surface area contributed by atoms with E-state index in [1.165, 1.54) is 0 Å². The van der Waals surface area contributed by atoms with Crippen molar-refractivity contribution in [2.24, 2.45) is 0 Å². The quantitative estimate of drug-likeness (QED) is 0.465. The Morgan fingerprint density at radius 1 is 1.11 bits per heavy atom. The van der Waals surface area contributed by atoms with Gasteiger partial charge in [-0.2, -0.15) is 13.2 Å². The van der Waals surface area contributed by atoms with Crippen molar-refractivity contribution < 1.29 is 27.8 Å². The predicted molar refractivity (Wildman–Crippen MR) is 132 cm³/mol. The van der Waals surface area contributed by atoms with Crippen molar-refractivity contribution in [3.8, 4) is 5.75 Å². The predicted octanol–water partition coefficient (Wildman–Crippen LogP) is 5.19. The van der Waals surface area contributed by atoms with Crippen LogP contribution in [0.5, 0.6) is 5.75 Å². The lowest BCUT2D eigenvalue weighted by Gasteiger charge is -2.38. The van der Waals surface area contributed by atoms with E-state index in [-0.39, 0.29) is 5.69 Å². The fourth-order valence-corrected chi connectivity index (χ4v) is 5.56. The van der Waals surface area contributed by atoms with Gasteiger partial charge in [-0.15, -0.1) is 0 Å². The molecule has 36 heavy (non-hydrogen) atoms. The molecule has 0 saturated carbocycles. The Balaban J connectivity index is 1.44. The van der Waals surface area contributed by atoms with Crippen molar-refractivity contribution >= 4 is 28.3 Å². The summed E-state index contributed by atoms with van der Waals surface area (Å²) in [5, 5.41) is 12.3. The van der Waals surface area contributed by atoms with Crippen molar-refractivity contribution in [1.82, 2.24) is 9.97 Å². The number of hydrogen-bond acceptors (Lipinski definition) is 5. The maximum atomic E-state index is 14.4. The largest absolute Gasteiger partial charge is 0.493 e. The van der Waals surface area contributed by atoms with Gasteiger partial charge in [-0.3, -0.25) is 0 Å². The molecule has 5 rings (SSSR count). The number of halogens is 4. The summed E-state index contributed by atoms with van der Waals surface area (Å²) in [5.74, 6) is 1.32. The number of aliphatic hydroxyl groups is 1. The highest BCUT2D eigenvalue weighted by Crippen LogP contribution is 2.47. The Labute approximate surface area is 212 Å². The first-order valence-corrected chi connectivity index (χ1v) is 12.4. The number of alkyl halides is 3. The van der Waals surface area contributed by atoms with Gasteiger partial charge in [-0.25, -0.2) is 4.98 Å². The SMILES string of the molecule is CC(C)(CC(O)(Cc1cc2cc(N3CCOCC3)ncc2[nH]1)C(F)(F)F)c1cc(Cl)cc2c1OCC2. The molecular weight excluding hydrogens is 495 g/mol. The number of pyridine rings is 1. The van der Waals surface area contributed by atoms with E-state index in [2.05, 4.69) is 14.9 Å². The summed E-state index contributed by atoms with van der Waals surface area (Å²) in [6.07, 6.45) is -3.77. The first-order chi connectivity index (χ1) is 17.0. The van der Waals surface area contributed by atoms with Gasteiger partial charge in [-0.1, -0.05) is 25.4 Å². The summed E-state index contributed by atoms with van der Waals surface area (Å²) >= 11 is 6.28. The van der Waals surface area contributed by atoms with Crippen LogP contribution in [0.3, 0.4) is 0 Å². The number of ether oxygens (including phenoxy) is 2. The summed E-state index contributed by atoms with van der Waals surface area (Å²) in [6, 6.07) is 6.93. The second-order valence-electron chi connectivity index (χ2n) is 10.3. The Morgan fingerprint density at radius 3 is 2.58 bits per heavy atom. The van der Waals surface area contributed by atoms with Gasteiger partial charge in [-0.05, 0) is 41.7 Å². The average molecular weight is 524 g/mol. The normalized spacial score (nSPS) is 18.2. The second kappa shape index (κ2) is 9.11. The van der Waals surface area contributed by atoms with Crippen molar-refractivity contribution in [1.29, 1.82) is 0 Å². The Bertz CT molecular complexity index is 1270. The number of nitrogens with one attached hydrogen (secondary N) is 1. The lowest BCUT2D eigenvalue weighted by Crippen LogP contribution is -2.51. The number of benzene rings is 1. The fraction of sp³-hybridized carbons (Fsp3) is 0.500. The van der Waals surface area contributed by atoms with Crippen LogP contribution in [0.15, 0.2) is 30.5 Å². The maximum absolute atomic E-state index is 14.4. The minimum Gasteiger partial charge on any atom is -0.493 e. The van der Waals surface area contributed by atoms with Crippen LogP contribution in [-0.4, -0.2) is 59.8 Å². The molecule has 10 heteroatoms. The summed E-state index contributed by atoms with van der Waals surface area (Å²) in [5.41, 5.74) is -1.70. The molecule has 2 aliphatic rings. The highest BCUT2D eigenvalue weighted by molar-refractivity contribution is 6.30. The third-order valence-corrected chi connectivity index (χ3v) is 7.32. The van der Waals surface area contributed by atoms with Gasteiger partial charge < -0.3 is 24.5 Å². The molecule has 4 heterocycles. The number of nitrogens with zero attached hydrogens (tertiary/aromatic N) is 2. The molecule has 0 radical (unpaired) electrons. The van der Waals surface area contributed by atoms with Crippen LogP contribution in [0.4, 0.5) is 19.0 Å². The Kier molecular flexibility index (Phi) is 6.37. The van der Waals surface area contributed by atoms with E-state index in [9.17, 15) is 18.3 Å². The molecule has 2 aliphatic heterocycles. The molecule has 194 valence electrons. The molecule has 6 nitrogen and oxygen atoms in total. The smallest absolute Gasteiger partial charge is 0.417 e. The number of fused-ring (bicyclic) bond motifs is 2. The standard InChI is InChI=1S/C26H29ClF3N3O3/c1-24(2,20-12-18(27)9-16-3-6-36-23(16)20)15-25(34,26(28,29)30)13-19-10-17-11-22(31-14-21(17)32-19)33-4-7-35-8-5-33/h9-12,14,32,34H,3-8,13,15H2,1-2H3. The van der Waals surface area contributed by atoms with Crippen LogP contribution < -0.4 is 9.64 Å². The first kappa shape index (κ1) is 25.2. The highest BCUT2D eigenvalue weighted by Gasteiger charge is 2.56. The topological polar surface area (TPSA) is 70.6 Å². The van der Waals surface area contributed by atoms with Gasteiger partial charge >= 0.3 is 6.18 Å². The molecule has 0 spiro atoms. The van der Waals surface area contributed by atoms with E-state index in [1.807, 2.05) is 6.07 Å². The summed E-state index contributed by atoms with van der Waals surface area (Å²) in [6.45, 7) is 6.44. The number of anilines is 1. The van der Waals surface area contributed by atoms with Crippen molar-refractivity contribution in [3.63, 3.8) is 0 Å². The zero-order valence-corrected chi connectivity index (χ0v) is 21.0. The molecule has 2 aromatic heterocycles. The first-order valence-electron chi connectivity index (χ1n) is 12.0. The molecule has 1 aromatic carbocycles. The van der Waals surface area contributed by atoms with Crippen molar-refractivity contribution in [2.75, 3.05) is 37.8 Å². The second-order valence-corrected chi connectivity index (χ2v) is 10.8. The van der Waals surface area contributed by atoms with Gasteiger partial charge in [0.15, 0.2) is 5.60 Å². The van der Waals surface area contributed by atoms with E-state index in [4.69, 9.17) is 21.1 Å². The zero-order valence-electron chi connectivity index (χ0n) is 20.2. The minimum atomic E-state index is -4.86. The molecule has 2 N–H and O–H groups in total. The molecule has 1 atom stereocenters. The maximum Gasteiger partial charge on any atom is 0.417 e. The van der Waals surface area contributed by atoms with Gasteiger partial charge in [0.2, 0.25) is 0 Å². The summed E-state index contributed by atoms with van der Waals surface area (Å²) < 4.78 is 54.3. The van der Waals surface area contributed by atoms with Gasteiger partial charge in [0.05, 0.1) is 31.5 Å². The van der Waals surface area contributed by atoms with E-state index < -0.39 is 30.0 Å². The van der Waals surface area contributed by atoms with E-state index in [0.717, 1.165) is 16.8 Å². The number of hydrogen-bond donors (Lipinski definition) is 2. The zero-order chi connectivity index (χ0) is 25.7. The number of morpholine rings is 1.